The van der Waals surface area contributed by atoms with Gasteiger partial charge in [0.25, 0.3) is 0 Å². The SMILES string of the molecule is CCCCCC(CC)OC(=O)CCCCCCCCN(CCCCCCCCC(=O)OC(CC)CCCCC)CCCN(CCCCCCCCC(=O)OC(CC)CCCCC)CCCCCC(=O)OC(C)(C)Cn1c(COCC)nc2c(NC(c3ccccc3)(c3ccccc3)c3ccccc3)nc3ccccc3c21. The number of carbonyl (C=O) groups excluding carboxylic acids is 4. The van der Waals surface area contributed by atoms with E-state index >= 15 is 0 Å². The molecule has 6 rings (SSSR count). The quantitative estimate of drug-likeness (QED) is 0.0166. The minimum absolute atomic E-state index is 0.0272. The van der Waals surface area contributed by atoms with Gasteiger partial charge in [-0.05, 0) is 198 Å². The van der Waals surface area contributed by atoms with Crippen LogP contribution in [-0.2, 0) is 61.6 Å². The van der Waals surface area contributed by atoms with Gasteiger partial charge in [0, 0.05) is 37.7 Å². The second-order valence-electron chi connectivity index (χ2n) is 32.1. The lowest BCUT2D eigenvalue weighted by molar-refractivity contribution is -0.158. The van der Waals surface area contributed by atoms with Crippen molar-refractivity contribution in [2.75, 3.05) is 51.2 Å². The smallest absolute Gasteiger partial charge is 0.306 e. The van der Waals surface area contributed by atoms with Crippen molar-refractivity contribution >= 4 is 51.6 Å². The fourth-order valence-electron chi connectivity index (χ4n) is 15.7. The van der Waals surface area contributed by atoms with Crippen molar-refractivity contribution in [3.8, 4) is 0 Å². The lowest BCUT2D eigenvalue weighted by Gasteiger charge is -2.37. The molecule has 0 aliphatic rings. The Kier molecular flexibility index (Phi) is 46.8. The van der Waals surface area contributed by atoms with Gasteiger partial charge >= 0.3 is 23.9 Å². The molecule has 0 spiro atoms. The Hall–Kier alpha value is -6.68. The van der Waals surface area contributed by atoms with Crippen LogP contribution >= 0.6 is 0 Å². The minimum atomic E-state index is -0.901. The summed E-state index contributed by atoms with van der Waals surface area (Å²) in [5.41, 5.74) is 3.83. The lowest BCUT2D eigenvalue weighted by Crippen LogP contribution is -2.38. The van der Waals surface area contributed by atoms with Gasteiger partial charge < -0.3 is 43.4 Å². The molecular formula is C96H150N6O9. The van der Waals surface area contributed by atoms with Crippen LogP contribution in [0.3, 0.4) is 0 Å². The number of imidazole rings is 1. The first kappa shape index (κ1) is 93.2. The van der Waals surface area contributed by atoms with Crippen molar-refractivity contribution in [2.45, 2.75) is 368 Å². The Morgan fingerprint density at radius 2 is 0.757 bits per heavy atom. The van der Waals surface area contributed by atoms with Gasteiger partial charge in [-0.3, -0.25) is 19.2 Å². The van der Waals surface area contributed by atoms with Crippen molar-refractivity contribution in [3.05, 3.63) is 138 Å². The second-order valence-corrected chi connectivity index (χ2v) is 32.1. The van der Waals surface area contributed by atoms with E-state index in [9.17, 15) is 19.2 Å². The molecule has 2 aromatic heterocycles. The van der Waals surface area contributed by atoms with Crippen molar-refractivity contribution < 1.29 is 42.9 Å². The highest BCUT2D eigenvalue weighted by molar-refractivity contribution is 6.07. The molecule has 3 unspecified atom stereocenters. The summed E-state index contributed by atoms with van der Waals surface area (Å²) in [4.78, 5) is 68.6. The first-order valence-corrected chi connectivity index (χ1v) is 44.8. The maximum Gasteiger partial charge on any atom is 0.306 e. The van der Waals surface area contributed by atoms with Gasteiger partial charge in [-0.2, -0.15) is 0 Å². The third-order valence-corrected chi connectivity index (χ3v) is 22.2. The monoisotopic (exact) mass is 1530 g/mol. The number of fused-ring (bicyclic) bond motifs is 3. The number of ether oxygens (including phenoxy) is 5. The van der Waals surface area contributed by atoms with Crippen LogP contribution in [0.15, 0.2) is 115 Å². The number of hydrogen-bond donors (Lipinski definition) is 1. The van der Waals surface area contributed by atoms with Gasteiger partial charge in [-0.1, -0.05) is 273 Å². The molecule has 2 heterocycles. The number of anilines is 1. The van der Waals surface area contributed by atoms with E-state index in [0.29, 0.717) is 50.2 Å². The van der Waals surface area contributed by atoms with Crippen LogP contribution in [0.1, 0.15) is 348 Å². The van der Waals surface area contributed by atoms with Gasteiger partial charge in [-0.15, -0.1) is 0 Å². The molecule has 0 radical (unpaired) electrons. The third-order valence-electron chi connectivity index (χ3n) is 22.2. The van der Waals surface area contributed by atoms with Crippen molar-refractivity contribution in [3.63, 3.8) is 0 Å². The average molecular weight is 1530 g/mol. The largest absolute Gasteiger partial charge is 0.462 e. The van der Waals surface area contributed by atoms with E-state index in [0.717, 1.165) is 232 Å². The molecule has 1 N–H and O–H groups in total. The summed E-state index contributed by atoms with van der Waals surface area (Å²) in [7, 11) is 0. The van der Waals surface area contributed by atoms with Gasteiger partial charge in [0.2, 0.25) is 0 Å². The predicted octanol–water partition coefficient (Wildman–Crippen LogP) is 24.3. The van der Waals surface area contributed by atoms with Crippen LogP contribution in [0.4, 0.5) is 5.82 Å². The minimum Gasteiger partial charge on any atom is -0.462 e. The summed E-state index contributed by atoms with van der Waals surface area (Å²) in [6, 6.07) is 39.9. The van der Waals surface area contributed by atoms with Gasteiger partial charge in [-0.25, -0.2) is 9.97 Å². The first-order chi connectivity index (χ1) is 54.2. The van der Waals surface area contributed by atoms with Crippen molar-refractivity contribution in [1.82, 2.24) is 24.3 Å². The normalized spacial score (nSPS) is 12.8. The van der Waals surface area contributed by atoms with Crippen molar-refractivity contribution in [1.29, 1.82) is 0 Å². The molecule has 0 saturated carbocycles. The van der Waals surface area contributed by atoms with Gasteiger partial charge in [0.15, 0.2) is 5.82 Å². The summed E-state index contributed by atoms with van der Waals surface area (Å²) in [5, 5.41) is 5.01. The second kappa shape index (κ2) is 55.7. The number of nitrogens with one attached hydrogen (secondary N) is 1. The highest BCUT2D eigenvalue weighted by atomic mass is 16.6. The van der Waals surface area contributed by atoms with Crippen LogP contribution in [0.25, 0.3) is 21.9 Å². The Morgan fingerprint density at radius 1 is 0.405 bits per heavy atom. The topological polar surface area (TPSA) is 164 Å². The predicted molar refractivity (Wildman–Crippen MR) is 459 cm³/mol. The summed E-state index contributed by atoms with van der Waals surface area (Å²) in [5.74, 6) is 1.07. The van der Waals surface area contributed by atoms with Crippen molar-refractivity contribution in [2.24, 2.45) is 0 Å². The molecular weight excluding hydrogens is 1380 g/mol. The Bertz CT molecular complexity index is 3290. The highest BCUT2D eigenvalue weighted by Crippen LogP contribution is 2.43. The number of unbranched alkanes of at least 4 members (excludes halogenated alkanes) is 23. The third kappa shape index (κ3) is 35.3. The van der Waals surface area contributed by atoms with E-state index in [1.165, 1.54) is 83.5 Å². The highest BCUT2D eigenvalue weighted by Gasteiger charge is 2.39. The van der Waals surface area contributed by atoms with Gasteiger partial charge in [0.05, 0.1) is 17.6 Å². The van der Waals surface area contributed by atoms with Crippen LogP contribution < -0.4 is 5.32 Å². The first-order valence-electron chi connectivity index (χ1n) is 44.8. The molecule has 0 aliphatic heterocycles. The number of aromatic nitrogens is 3. The number of esters is 4. The summed E-state index contributed by atoms with van der Waals surface area (Å²) < 4.78 is 32.5. The Labute approximate surface area is 672 Å². The number of carbonyl (C=O) groups is 4. The molecule has 0 bridgehead atoms. The molecule has 15 nitrogen and oxygen atoms in total. The summed E-state index contributed by atoms with van der Waals surface area (Å²) in [6.45, 7) is 26.5. The zero-order valence-electron chi connectivity index (χ0n) is 71.0. The molecule has 618 valence electrons. The number of benzene rings is 4. The van der Waals surface area contributed by atoms with E-state index in [-0.39, 0.29) is 48.8 Å². The number of hydrogen-bond acceptors (Lipinski definition) is 14. The zero-order valence-corrected chi connectivity index (χ0v) is 71.0. The lowest BCUT2D eigenvalue weighted by atomic mass is 9.77. The number of rotatable bonds is 66. The fraction of sp³-hybridized carbons (Fsp3) is 0.667. The average Bonchev–Trinajstić information content (AvgIpc) is 1.24. The number of pyridine rings is 1. The van der Waals surface area contributed by atoms with Crippen LogP contribution in [0.5, 0.6) is 0 Å². The van der Waals surface area contributed by atoms with Crippen LogP contribution in [0.2, 0.25) is 0 Å². The van der Waals surface area contributed by atoms with E-state index in [4.69, 9.17) is 33.7 Å². The van der Waals surface area contributed by atoms with Gasteiger partial charge in [0.1, 0.15) is 47.4 Å². The van der Waals surface area contributed by atoms with Crippen LogP contribution in [0, 0.1) is 0 Å². The number of para-hydroxylation sites is 1. The fourth-order valence-corrected chi connectivity index (χ4v) is 15.7. The Morgan fingerprint density at radius 3 is 1.14 bits per heavy atom. The number of nitrogens with zero attached hydrogens (tertiary/aromatic N) is 5. The maximum absolute atomic E-state index is 14.2. The van der Waals surface area contributed by atoms with E-state index in [1.807, 2.05) is 32.9 Å². The van der Waals surface area contributed by atoms with E-state index < -0.39 is 11.1 Å². The van der Waals surface area contributed by atoms with E-state index in [1.54, 1.807) is 0 Å². The van der Waals surface area contributed by atoms with E-state index in [2.05, 4.69) is 164 Å². The molecule has 0 amide bonds. The molecule has 6 aromatic rings. The molecule has 111 heavy (non-hydrogen) atoms. The molecule has 3 atom stereocenters. The maximum atomic E-state index is 14.2. The summed E-state index contributed by atoms with van der Waals surface area (Å²) >= 11 is 0. The molecule has 15 heteroatoms. The molecule has 0 saturated heterocycles. The molecule has 0 aliphatic carbocycles. The van der Waals surface area contributed by atoms with Crippen LogP contribution in [-0.4, -0.2) is 118 Å². The standard InChI is InChI=1S/C96H150N6O9/c1-10-17-36-62-82(13-4)108-88(103)67-45-26-20-23-29-51-71-100(72-52-30-24-21-27-46-68-89(104)109-83(14-5)63-37-18-11-2)75-55-76-101(73-53-31-25-22-28-47-69-90(105)110-84(15-6)64-38-19-12-3)74-54-35-48-70-91(106)111-95(8,9)78-102-87(77-107-16-7)98-92-93(102)85-65-49-50-66-86(85)97-94(92)99-96(79-56-39-32-40-57-79,80-58-41-33-42-59-80)81-60-43-34-44-61-81/h32-34,39-44,49-50,56-61,65-66,82-84H,10-31,35-38,45-48,51-55,62-64,67-78H2,1-9H3,(H,97,99). The summed E-state index contributed by atoms with van der Waals surface area (Å²) in [6.07, 6.45) is 41.8. The molecule has 4 aromatic carbocycles. The Balaban J connectivity index is 1.08. The molecule has 0 fully saturated rings. The zero-order chi connectivity index (χ0) is 79.4.